The highest BCUT2D eigenvalue weighted by Gasteiger charge is 2.17. The molecule has 0 aliphatic heterocycles. The van der Waals surface area contributed by atoms with E-state index in [1.165, 1.54) is 29.5 Å². The van der Waals surface area contributed by atoms with E-state index >= 15 is 0 Å². The maximum absolute atomic E-state index is 12.6. The van der Waals surface area contributed by atoms with Gasteiger partial charge in [-0.1, -0.05) is 35.6 Å². The van der Waals surface area contributed by atoms with Crippen LogP contribution in [0.1, 0.15) is 20.9 Å². The number of hydrogen-bond acceptors (Lipinski definition) is 6. The summed E-state index contributed by atoms with van der Waals surface area (Å²) in [6, 6.07) is 14.3. The number of imidazole rings is 1. The summed E-state index contributed by atoms with van der Waals surface area (Å²) in [6.07, 6.45) is 3.84. The van der Waals surface area contributed by atoms with Crippen molar-refractivity contribution in [3.63, 3.8) is 0 Å². The third-order valence-electron chi connectivity index (χ3n) is 4.77. The van der Waals surface area contributed by atoms with Crippen molar-refractivity contribution < 1.29 is 13.2 Å². The number of primary sulfonamides is 1. The lowest BCUT2D eigenvalue weighted by Crippen LogP contribution is -2.13. The first-order valence-electron chi connectivity index (χ1n) is 9.27. The number of thiazole rings is 1. The molecule has 0 atom stereocenters. The SMILES string of the molecule is Cc1c(C(=O)/C=C/NCCc2ccc(S(N)(=O)=O)cc2)sc2nc3ccccc3n12. The standard InChI is InChI=1S/C21H20N4O3S2/c1-14-20(29-21-24-17-4-2-3-5-18(17)25(14)21)19(26)11-13-23-12-10-15-6-8-16(9-7-15)30(22,27)28/h2-9,11,13,23H,10,12H2,1H3,(H2,22,27,28)/b13-11+. The molecule has 2 heterocycles. The average Bonchev–Trinajstić information content (AvgIpc) is 3.24. The molecule has 7 nitrogen and oxygen atoms in total. The van der Waals surface area contributed by atoms with Crippen molar-refractivity contribution in [3.05, 3.63) is 76.9 Å². The lowest BCUT2D eigenvalue weighted by molar-refractivity contribution is 0.104. The molecule has 4 aromatic rings. The Morgan fingerprint density at radius 3 is 2.67 bits per heavy atom. The van der Waals surface area contributed by atoms with E-state index in [0.29, 0.717) is 17.8 Å². The van der Waals surface area contributed by atoms with Gasteiger partial charge in [-0.15, -0.1) is 0 Å². The summed E-state index contributed by atoms with van der Waals surface area (Å²) in [5, 5.41) is 8.19. The number of sulfonamides is 1. The molecule has 0 fully saturated rings. The second-order valence-corrected chi connectivity index (χ2v) is 9.36. The molecule has 0 amide bonds. The normalized spacial score (nSPS) is 12.2. The summed E-state index contributed by atoms with van der Waals surface area (Å²) < 4.78 is 24.6. The number of benzene rings is 2. The van der Waals surface area contributed by atoms with Crippen LogP contribution >= 0.6 is 11.3 Å². The van der Waals surface area contributed by atoms with Crippen LogP contribution in [0.2, 0.25) is 0 Å². The maximum Gasteiger partial charge on any atom is 0.238 e. The maximum atomic E-state index is 12.6. The van der Waals surface area contributed by atoms with Gasteiger partial charge in [0.2, 0.25) is 10.0 Å². The molecule has 2 aromatic carbocycles. The molecule has 0 unspecified atom stereocenters. The molecule has 0 aliphatic rings. The van der Waals surface area contributed by atoms with Crippen molar-refractivity contribution in [1.29, 1.82) is 0 Å². The summed E-state index contributed by atoms with van der Waals surface area (Å²) >= 11 is 1.39. The van der Waals surface area contributed by atoms with Gasteiger partial charge in [0, 0.05) is 24.5 Å². The first kappa shape index (κ1) is 20.3. The molecule has 9 heteroatoms. The van der Waals surface area contributed by atoms with Crippen LogP contribution in [0.25, 0.3) is 16.0 Å². The zero-order chi connectivity index (χ0) is 21.3. The van der Waals surface area contributed by atoms with E-state index < -0.39 is 10.0 Å². The summed E-state index contributed by atoms with van der Waals surface area (Å²) in [5.74, 6) is -0.0721. The van der Waals surface area contributed by atoms with Crippen molar-refractivity contribution in [2.24, 2.45) is 5.14 Å². The predicted octanol–water partition coefficient (Wildman–Crippen LogP) is 3.03. The van der Waals surface area contributed by atoms with E-state index in [0.717, 1.165) is 27.3 Å². The molecule has 0 bridgehead atoms. The lowest BCUT2D eigenvalue weighted by atomic mass is 10.1. The second kappa shape index (κ2) is 8.02. The van der Waals surface area contributed by atoms with Gasteiger partial charge >= 0.3 is 0 Å². The zero-order valence-electron chi connectivity index (χ0n) is 16.2. The topological polar surface area (TPSA) is 107 Å². The quantitative estimate of drug-likeness (QED) is 0.261. The van der Waals surface area contributed by atoms with Crippen molar-refractivity contribution in [2.45, 2.75) is 18.2 Å². The van der Waals surface area contributed by atoms with Crippen LogP contribution in [0.3, 0.4) is 0 Å². The fourth-order valence-corrected chi connectivity index (χ4v) is 4.82. The Kier molecular flexibility index (Phi) is 5.42. The first-order chi connectivity index (χ1) is 14.3. The van der Waals surface area contributed by atoms with Crippen molar-refractivity contribution in [3.8, 4) is 0 Å². The number of ketones is 1. The minimum atomic E-state index is -3.68. The van der Waals surface area contributed by atoms with E-state index in [1.54, 1.807) is 18.3 Å². The molecule has 0 aliphatic carbocycles. The van der Waals surface area contributed by atoms with Gasteiger partial charge in [-0.3, -0.25) is 9.20 Å². The van der Waals surface area contributed by atoms with Gasteiger partial charge in [0.25, 0.3) is 0 Å². The van der Waals surface area contributed by atoms with E-state index in [-0.39, 0.29) is 10.7 Å². The number of carbonyl (C=O) groups is 1. The number of nitrogens with zero attached hydrogens (tertiary/aromatic N) is 2. The van der Waals surface area contributed by atoms with E-state index in [1.807, 2.05) is 35.6 Å². The van der Waals surface area contributed by atoms with Crippen molar-refractivity contribution in [2.75, 3.05) is 6.54 Å². The zero-order valence-corrected chi connectivity index (χ0v) is 17.8. The minimum Gasteiger partial charge on any atom is -0.390 e. The largest absolute Gasteiger partial charge is 0.390 e. The molecule has 3 N–H and O–H groups in total. The molecular weight excluding hydrogens is 420 g/mol. The van der Waals surface area contributed by atoms with E-state index in [2.05, 4.69) is 10.3 Å². The Balaban J connectivity index is 1.38. The van der Waals surface area contributed by atoms with E-state index in [4.69, 9.17) is 5.14 Å². The first-order valence-corrected chi connectivity index (χ1v) is 11.6. The molecule has 0 radical (unpaired) electrons. The molecule has 154 valence electrons. The Labute approximate surface area is 177 Å². The third-order valence-corrected chi connectivity index (χ3v) is 6.86. The van der Waals surface area contributed by atoms with Crippen molar-refractivity contribution in [1.82, 2.24) is 14.7 Å². The van der Waals surface area contributed by atoms with Gasteiger partial charge in [-0.25, -0.2) is 18.5 Å². The number of allylic oxidation sites excluding steroid dienone is 1. The summed E-state index contributed by atoms with van der Waals surface area (Å²) in [6.45, 7) is 2.53. The number of aryl methyl sites for hydroxylation is 1. The fourth-order valence-electron chi connectivity index (χ4n) is 3.25. The van der Waals surface area contributed by atoms with Crippen LogP contribution in [-0.2, 0) is 16.4 Å². The Morgan fingerprint density at radius 2 is 1.93 bits per heavy atom. The molecule has 4 rings (SSSR count). The van der Waals surface area contributed by atoms with Gasteiger partial charge in [0.1, 0.15) is 0 Å². The molecule has 30 heavy (non-hydrogen) atoms. The highest BCUT2D eigenvalue weighted by Crippen LogP contribution is 2.28. The smallest absolute Gasteiger partial charge is 0.238 e. The lowest BCUT2D eigenvalue weighted by Gasteiger charge is -2.03. The predicted molar refractivity (Wildman–Crippen MR) is 118 cm³/mol. The number of nitrogens with one attached hydrogen (secondary N) is 1. The Morgan fingerprint density at radius 1 is 1.20 bits per heavy atom. The molecule has 2 aromatic heterocycles. The summed E-state index contributed by atoms with van der Waals surface area (Å²) in [7, 11) is -3.68. The number of nitrogens with two attached hydrogens (primary N) is 1. The number of fused-ring (bicyclic) bond motifs is 3. The second-order valence-electron chi connectivity index (χ2n) is 6.83. The van der Waals surface area contributed by atoms with Crippen LogP contribution in [0.4, 0.5) is 0 Å². The van der Waals surface area contributed by atoms with Crippen LogP contribution in [-0.4, -0.2) is 30.1 Å². The van der Waals surface area contributed by atoms with Gasteiger partial charge in [0.15, 0.2) is 10.7 Å². The molecule has 0 saturated heterocycles. The number of para-hydroxylation sites is 2. The fraction of sp³-hybridized carbons (Fsp3) is 0.143. The Hall–Kier alpha value is -3.01. The van der Waals surface area contributed by atoms with Gasteiger partial charge in [-0.2, -0.15) is 0 Å². The summed E-state index contributed by atoms with van der Waals surface area (Å²) in [5.41, 5.74) is 3.76. The van der Waals surface area contributed by atoms with Gasteiger partial charge < -0.3 is 5.32 Å². The highest BCUT2D eigenvalue weighted by molar-refractivity contribution is 7.89. The highest BCUT2D eigenvalue weighted by atomic mass is 32.2. The molecule has 0 saturated carbocycles. The third kappa shape index (κ3) is 4.00. The van der Waals surface area contributed by atoms with Crippen LogP contribution < -0.4 is 10.5 Å². The van der Waals surface area contributed by atoms with Gasteiger partial charge in [0.05, 0.1) is 20.8 Å². The molecular formula is C21H20N4O3S2. The van der Waals surface area contributed by atoms with E-state index in [9.17, 15) is 13.2 Å². The number of aromatic nitrogens is 2. The van der Waals surface area contributed by atoms with Crippen LogP contribution in [0.5, 0.6) is 0 Å². The van der Waals surface area contributed by atoms with Crippen LogP contribution in [0, 0.1) is 6.92 Å². The average molecular weight is 441 g/mol. The van der Waals surface area contributed by atoms with Gasteiger partial charge in [-0.05, 0) is 43.2 Å². The monoisotopic (exact) mass is 440 g/mol. The number of hydrogen-bond donors (Lipinski definition) is 2. The number of carbonyl (C=O) groups excluding carboxylic acids is 1. The van der Waals surface area contributed by atoms with Crippen molar-refractivity contribution >= 4 is 43.1 Å². The van der Waals surface area contributed by atoms with Crippen LogP contribution in [0.15, 0.2) is 65.7 Å². The minimum absolute atomic E-state index is 0.0721. The number of rotatable bonds is 7. The molecule has 0 spiro atoms. The Bertz CT molecular complexity index is 1370. The summed E-state index contributed by atoms with van der Waals surface area (Å²) in [4.78, 5) is 18.8.